The van der Waals surface area contributed by atoms with Gasteiger partial charge in [0.05, 0.1) is 10.9 Å². The molecule has 1 aromatic carbocycles. The van der Waals surface area contributed by atoms with Crippen LogP contribution in [0, 0.1) is 12.8 Å². The quantitative estimate of drug-likeness (QED) is 0.808. The van der Waals surface area contributed by atoms with Gasteiger partial charge in [-0.1, -0.05) is 26.3 Å². The summed E-state index contributed by atoms with van der Waals surface area (Å²) in [5, 5.41) is 2.74. The average Bonchev–Trinajstić information content (AvgIpc) is 2.56. The van der Waals surface area contributed by atoms with E-state index in [1.54, 1.807) is 25.1 Å². The number of anilines is 1. The second-order valence-corrected chi connectivity index (χ2v) is 9.08. The minimum atomic E-state index is -3.54. The lowest BCUT2D eigenvalue weighted by Crippen LogP contribution is -2.37. The van der Waals surface area contributed by atoms with Gasteiger partial charge in [0.1, 0.15) is 0 Å². The Morgan fingerprint density at radius 1 is 1.24 bits per heavy atom. The molecule has 0 bridgehead atoms. The monoisotopic (exact) mass is 367 g/mol. The molecule has 25 heavy (non-hydrogen) atoms. The van der Waals surface area contributed by atoms with Crippen molar-refractivity contribution in [1.82, 2.24) is 4.31 Å². The maximum Gasteiger partial charge on any atom is 0.243 e. The van der Waals surface area contributed by atoms with Gasteiger partial charge in [-0.25, -0.2) is 8.42 Å². The van der Waals surface area contributed by atoms with Crippen molar-refractivity contribution in [3.8, 4) is 0 Å². The third kappa shape index (κ3) is 5.03. The van der Waals surface area contributed by atoms with E-state index in [0.29, 0.717) is 36.7 Å². The van der Waals surface area contributed by atoms with Crippen LogP contribution in [0.15, 0.2) is 23.1 Å². The average molecular weight is 368 g/mol. The molecule has 0 radical (unpaired) electrons. The number of nitrogens with zero attached hydrogens (tertiary/aromatic N) is 1. The Bertz CT molecular complexity index is 710. The van der Waals surface area contributed by atoms with Crippen molar-refractivity contribution in [2.75, 3.05) is 18.4 Å². The van der Waals surface area contributed by atoms with Gasteiger partial charge in [0, 0.05) is 18.8 Å². The SMILES string of the molecule is Cc1ccc(NC(=O)[C@@H](N)CC(C)C)cc1S(=O)(=O)N1CCCCC1. The van der Waals surface area contributed by atoms with Crippen molar-refractivity contribution in [1.29, 1.82) is 0 Å². The zero-order chi connectivity index (χ0) is 18.6. The number of amides is 1. The van der Waals surface area contributed by atoms with Crippen LogP contribution >= 0.6 is 0 Å². The van der Waals surface area contributed by atoms with Crippen LogP contribution in [0.3, 0.4) is 0 Å². The lowest BCUT2D eigenvalue weighted by Gasteiger charge is -2.26. The van der Waals surface area contributed by atoms with E-state index in [4.69, 9.17) is 5.73 Å². The van der Waals surface area contributed by atoms with E-state index < -0.39 is 16.1 Å². The standard InChI is InChI=1S/C18H29N3O3S/c1-13(2)11-16(19)18(22)20-15-8-7-14(3)17(12-15)25(23,24)21-9-5-4-6-10-21/h7-8,12-13,16H,4-6,9-11,19H2,1-3H3,(H,20,22)/t16-/m0/s1. The molecule has 1 aromatic rings. The normalized spacial score (nSPS) is 17.5. The Morgan fingerprint density at radius 2 is 1.88 bits per heavy atom. The summed E-state index contributed by atoms with van der Waals surface area (Å²) in [7, 11) is -3.54. The molecule has 3 N–H and O–H groups in total. The smallest absolute Gasteiger partial charge is 0.243 e. The second kappa shape index (κ2) is 8.29. The Morgan fingerprint density at radius 3 is 2.48 bits per heavy atom. The predicted octanol–water partition coefficient (Wildman–Crippen LogP) is 2.48. The van der Waals surface area contributed by atoms with E-state index in [0.717, 1.165) is 19.3 Å². The van der Waals surface area contributed by atoms with Gasteiger partial charge < -0.3 is 11.1 Å². The molecule has 1 aliphatic heterocycles. The van der Waals surface area contributed by atoms with Crippen molar-refractivity contribution in [3.05, 3.63) is 23.8 Å². The Hall–Kier alpha value is -1.44. The van der Waals surface area contributed by atoms with Gasteiger partial charge in [-0.3, -0.25) is 4.79 Å². The fraction of sp³-hybridized carbons (Fsp3) is 0.611. The van der Waals surface area contributed by atoms with Gasteiger partial charge in [-0.05, 0) is 49.8 Å². The number of nitrogens with two attached hydrogens (primary N) is 1. The highest BCUT2D eigenvalue weighted by Gasteiger charge is 2.27. The molecular weight excluding hydrogens is 338 g/mol. The summed E-state index contributed by atoms with van der Waals surface area (Å²) >= 11 is 0. The summed E-state index contributed by atoms with van der Waals surface area (Å²) in [5.74, 6) is 0.0210. The van der Waals surface area contributed by atoms with Crippen LogP contribution in [0.25, 0.3) is 0 Å². The number of nitrogens with one attached hydrogen (secondary N) is 1. The molecule has 0 aliphatic carbocycles. The van der Waals surface area contributed by atoms with Crippen molar-refractivity contribution in [2.45, 2.75) is 57.4 Å². The number of aryl methyl sites for hydroxylation is 1. The molecule has 1 aliphatic rings. The number of hydrogen-bond acceptors (Lipinski definition) is 4. The first-order valence-corrected chi connectivity index (χ1v) is 10.3. The minimum absolute atomic E-state index is 0.254. The number of benzene rings is 1. The Labute approximate surface area is 150 Å². The fourth-order valence-corrected chi connectivity index (χ4v) is 4.82. The topological polar surface area (TPSA) is 92.5 Å². The lowest BCUT2D eigenvalue weighted by atomic mass is 10.0. The van der Waals surface area contributed by atoms with Gasteiger partial charge >= 0.3 is 0 Å². The molecule has 7 heteroatoms. The Balaban J connectivity index is 2.21. The van der Waals surface area contributed by atoms with Crippen LogP contribution in [0.4, 0.5) is 5.69 Å². The zero-order valence-corrected chi connectivity index (χ0v) is 16.1. The van der Waals surface area contributed by atoms with E-state index in [9.17, 15) is 13.2 Å². The van der Waals surface area contributed by atoms with Crippen molar-refractivity contribution in [3.63, 3.8) is 0 Å². The third-order valence-corrected chi connectivity index (χ3v) is 6.49. The third-order valence-electron chi connectivity index (χ3n) is 4.45. The summed E-state index contributed by atoms with van der Waals surface area (Å²) < 4.78 is 27.4. The Kier molecular flexibility index (Phi) is 6.59. The summed E-state index contributed by atoms with van der Waals surface area (Å²) in [6.07, 6.45) is 3.42. The van der Waals surface area contributed by atoms with Crippen LogP contribution in [0.2, 0.25) is 0 Å². The first-order valence-electron chi connectivity index (χ1n) is 8.89. The molecule has 1 saturated heterocycles. The second-order valence-electron chi connectivity index (χ2n) is 7.17. The van der Waals surface area contributed by atoms with Gasteiger partial charge in [0.25, 0.3) is 0 Å². The van der Waals surface area contributed by atoms with Crippen LogP contribution in [0.1, 0.15) is 45.1 Å². The van der Waals surface area contributed by atoms with Crippen LogP contribution in [-0.2, 0) is 14.8 Å². The van der Waals surface area contributed by atoms with Crippen LogP contribution < -0.4 is 11.1 Å². The van der Waals surface area contributed by atoms with Gasteiger partial charge in [0.15, 0.2) is 0 Å². The number of carbonyl (C=O) groups is 1. The molecule has 0 saturated carbocycles. The molecule has 140 valence electrons. The minimum Gasteiger partial charge on any atom is -0.325 e. The molecular formula is C18H29N3O3S. The number of carbonyl (C=O) groups excluding carboxylic acids is 1. The highest BCUT2D eigenvalue weighted by atomic mass is 32.2. The van der Waals surface area contributed by atoms with E-state index in [-0.39, 0.29) is 10.8 Å². The molecule has 2 rings (SSSR count). The molecule has 0 aromatic heterocycles. The molecule has 1 fully saturated rings. The number of sulfonamides is 1. The van der Waals surface area contributed by atoms with Crippen molar-refractivity contribution < 1.29 is 13.2 Å². The van der Waals surface area contributed by atoms with Crippen LogP contribution in [-0.4, -0.2) is 37.8 Å². The van der Waals surface area contributed by atoms with E-state index >= 15 is 0 Å². The maximum absolute atomic E-state index is 12.9. The van der Waals surface area contributed by atoms with Crippen molar-refractivity contribution >= 4 is 21.6 Å². The van der Waals surface area contributed by atoms with Gasteiger partial charge in [0.2, 0.25) is 15.9 Å². The predicted molar refractivity (Wildman–Crippen MR) is 99.8 cm³/mol. The molecule has 1 atom stereocenters. The highest BCUT2D eigenvalue weighted by Crippen LogP contribution is 2.26. The zero-order valence-electron chi connectivity index (χ0n) is 15.3. The largest absolute Gasteiger partial charge is 0.325 e. The van der Waals surface area contributed by atoms with E-state index in [2.05, 4.69) is 5.32 Å². The van der Waals surface area contributed by atoms with Gasteiger partial charge in [-0.15, -0.1) is 0 Å². The maximum atomic E-state index is 12.9. The lowest BCUT2D eigenvalue weighted by molar-refractivity contribution is -0.117. The summed E-state index contributed by atoms with van der Waals surface area (Å²) in [4.78, 5) is 12.5. The number of piperidine rings is 1. The number of hydrogen-bond donors (Lipinski definition) is 2. The van der Waals surface area contributed by atoms with Crippen molar-refractivity contribution in [2.24, 2.45) is 11.7 Å². The number of rotatable bonds is 6. The molecule has 0 unspecified atom stereocenters. The molecule has 6 nitrogen and oxygen atoms in total. The molecule has 0 spiro atoms. The van der Waals surface area contributed by atoms with Crippen LogP contribution in [0.5, 0.6) is 0 Å². The summed E-state index contributed by atoms with van der Waals surface area (Å²) in [5.41, 5.74) is 7.04. The molecule has 1 heterocycles. The fourth-order valence-electron chi connectivity index (χ4n) is 3.05. The first-order chi connectivity index (χ1) is 11.7. The van der Waals surface area contributed by atoms with E-state index in [1.807, 2.05) is 13.8 Å². The molecule has 1 amide bonds. The highest BCUT2D eigenvalue weighted by molar-refractivity contribution is 7.89. The summed E-state index contributed by atoms with van der Waals surface area (Å²) in [6, 6.07) is 4.37. The van der Waals surface area contributed by atoms with Gasteiger partial charge in [-0.2, -0.15) is 4.31 Å². The van der Waals surface area contributed by atoms with E-state index in [1.165, 1.54) is 4.31 Å². The summed E-state index contributed by atoms with van der Waals surface area (Å²) in [6.45, 7) is 6.88. The first kappa shape index (κ1) is 19.9.